The van der Waals surface area contributed by atoms with Crippen LogP contribution < -0.4 is 19.7 Å². The number of fused-ring (bicyclic) bond motifs is 2. The number of nitrogens with zero attached hydrogens (tertiary/aromatic N) is 3. The van der Waals surface area contributed by atoms with Gasteiger partial charge in [0.25, 0.3) is 20.2 Å². The number of hydrogen-bond donors (Lipinski definition) is 4. The van der Waals surface area contributed by atoms with E-state index >= 15 is 0 Å². The quantitative estimate of drug-likeness (QED) is 0.0287. The van der Waals surface area contributed by atoms with Crippen LogP contribution in [0, 0.1) is 0 Å². The molecule has 24 heteroatoms. The molecule has 5 rings (SSSR count). The molecule has 0 spiro atoms. The van der Waals surface area contributed by atoms with E-state index in [1.165, 1.54) is 18.2 Å². The van der Waals surface area contributed by atoms with Gasteiger partial charge in [-0.3, -0.25) is 9.11 Å². The summed E-state index contributed by atoms with van der Waals surface area (Å²) in [6, 6.07) is 14.1. The number of anilines is 1. The van der Waals surface area contributed by atoms with Gasteiger partial charge in [0.15, 0.2) is 13.1 Å². The molecule has 1 aromatic heterocycles. The number of methoxy groups -OCH3 is 2. The van der Waals surface area contributed by atoms with Gasteiger partial charge in [-0.15, -0.1) is 4.73 Å². The van der Waals surface area contributed by atoms with Gasteiger partial charge in [-0.05, 0) is 73.7 Å². The Labute approximate surface area is 432 Å². The van der Waals surface area contributed by atoms with Crippen LogP contribution in [0.3, 0.4) is 0 Å². The maximum Gasteiger partial charge on any atom is 0.333 e. The molecule has 74 heavy (non-hydrogen) atoms. The molecule has 1 atom stereocenters. The average molecular weight is 1080 g/mol. The highest BCUT2D eigenvalue weighted by Crippen LogP contribution is 2.51. The van der Waals surface area contributed by atoms with Crippen molar-refractivity contribution in [1.29, 1.82) is 0 Å². The largest absolute Gasteiger partial charge is 0.492 e. The fraction of sp³-hybridized carbons (Fsp3) is 0.520. The van der Waals surface area contributed by atoms with Crippen LogP contribution >= 0.6 is 0 Å². The lowest BCUT2D eigenvalue weighted by Crippen LogP contribution is -2.36. The van der Waals surface area contributed by atoms with E-state index in [0.717, 1.165) is 28.6 Å². The van der Waals surface area contributed by atoms with Crippen molar-refractivity contribution in [3.05, 3.63) is 95.2 Å². The Bertz CT molecular complexity index is 2660. The van der Waals surface area contributed by atoms with Crippen LogP contribution in [0.5, 0.6) is 11.8 Å². The first kappa shape index (κ1) is 59.7. The van der Waals surface area contributed by atoms with Crippen LogP contribution in [0.4, 0.5) is 5.69 Å². The normalized spacial score (nSPS) is 15.5. The number of ether oxygens (including phenoxy) is 8. The van der Waals surface area contributed by atoms with Gasteiger partial charge >= 0.3 is 5.97 Å². The van der Waals surface area contributed by atoms with Gasteiger partial charge in [-0.1, -0.05) is 12.2 Å². The molecule has 410 valence electrons. The third kappa shape index (κ3) is 18.9. The number of hydrogen-bond acceptors (Lipinski definition) is 18. The molecule has 1 aromatic carbocycles. The Kier molecular flexibility index (Phi) is 24.5. The van der Waals surface area contributed by atoms with Gasteiger partial charge in [-0.2, -0.15) is 16.8 Å². The molecule has 0 fully saturated rings. The summed E-state index contributed by atoms with van der Waals surface area (Å²) in [5, 5.41) is 20.8. The first-order valence-corrected chi connectivity index (χ1v) is 27.2. The Balaban J connectivity index is 1.39. The highest BCUT2D eigenvalue weighted by atomic mass is 32.2. The van der Waals surface area contributed by atoms with Crippen LogP contribution in [0.1, 0.15) is 43.7 Å². The van der Waals surface area contributed by atoms with Gasteiger partial charge in [0.1, 0.15) is 19.0 Å². The van der Waals surface area contributed by atoms with Gasteiger partial charge in [-0.25, -0.2) is 9.37 Å². The maximum atomic E-state index is 12.9. The molecule has 1 unspecified atom stereocenters. The average Bonchev–Trinajstić information content (AvgIpc) is 3.79. The third-order valence-corrected chi connectivity index (χ3v) is 13.5. The Morgan fingerprint density at radius 2 is 1.28 bits per heavy atom. The predicted octanol–water partition coefficient (Wildman–Crippen LogP) is 3.79. The number of carbonyl (C=O) groups is 1. The minimum atomic E-state index is -4.66. The van der Waals surface area contributed by atoms with E-state index in [0.29, 0.717) is 133 Å². The van der Waals surface area contributed by atoms with Crippen molar-refractivity contribution >= 4 is 38.0 Å². The van der Waals surface area contributed by atoms with Crippen molar-refractivity contribution in [2.75, 3.05) is 137 Å². The summed E-state index contributed by atoms with van der Waals surface area (Å²) in [7, 11) is -5.76. The summed E-state index contributed by atoms with van der Waals surface area (Å²) in [6.07, 6.45) is 7.22. The van der Waals surface area contributed by atoms with Crippen molar-refractivity contribution in [1.82, 2.24) is 9.31 Å². The Morgan fingerprint density at radius 1 is 0.716 bits per heavy atom. The molecule has 0 saturated carbocycles. The molecule has 2 aliphatic heterocycles. The Hall–Kier alpha value is -5.22. The summed E-state index contributed by atoms with van der Waals surface area (Å²) in [6.45, 7) is 9.28. The summed E-state index contributed by atoms with van der Waals surface area (Å²) in [4.78, 5) is 19.5. The van der Waals surface area contributed by atoms with E-state index < -0.39 is 49.1 Å². The molecule has 3 aliphatic rings. The van der Waals surface area contributed by atoms with Crippen LogP contribution in [-0.2, 0) is 68.3 Å². The van der Waals surface area contributed by atoms with E-state index in [1.54, 1.807) is 32.6 Å². The minimum Gasteiger partial charge on any atom is -0.492 e. The monoisotopic (exact) mass is 1080 g/mol. The fourth-order valence-electron chi connectivity index (χ4n) is 8.12. The molecule has 0 saturated heterocycles. The number of aromatic nitrogens is 1. The lowest BCUT2D eigenvalue weighted by Gasteiger charge is -2.30. The summed E-state index contributed by atoms with van der Waals surface area (Å²) in [5.41, 5.74) is 2.12. The third-order valence-electron chi connectivity index (χ3n) is 11.8. The molecule has 2 aromatic rings. The lowest BCUT2D eigenvalue weighted by atomic mass is 9.77. The van der Waals surface area contributed by atoms with Crippen molar-refractivity contribution < 1.29 is 88.1 Å². The lowest BCUT2D eigenvalue weighted by molar-refractivity contribution is -0.145. The standard InChI is InChI=1S/C50H69N3O19S2/c1-50(17-5-9-49(56)72-53-47(54)14-15-48(53)55)43-38-41(74(60,61)62)11-13-44(43)52(18-6-36-73(57,58)59)46(50)8-4-7-39-16-21-71-45-37-40(10-12-42(39)45)51(19-22-65-28-30-69-34-32-67-26-24-63-2)20-23-66-29-31-70-35-33-68-27-25-64-3/h4,7-8,10-16,21,37-38H,5-6,9,17-20,22-36H2,1-3H3,(H3-,54,55,57,58,59,60,61,62)/p+1. The molecule has 0 amide bonds. The van der Waals surface area contributed by atoms with Crippen LogP contribution in [0.15, 0.2) is 88.0 Å². The van der Waals surface area contributed by atoms with Crippen molar-refractivity contribution in [3.8, 4) is 23.1 Å². The van der Waals surface area contributed by atoms with E-state index in [1.807, 2.05) is 42.2 Å². The van der Waals surface area contributed by atoms with Crippen LogP contribution in [0.2, 0.25) is 0 Å². The second-order valence-corrected chi connectivity index (χ2v) is 20.0. The summed E-state index contributed by atoms with van der Waals surface area (Å²) < 4.78 is 121. The topological polar surface area (TPSA) is 274 Å². The summed E-state index contributed by atoms with van der Waals surface area (Å²) >= 11 is 0. The number of carbonyl (C=O) groups excluding carboxylic acids is 1. The molecule has 1 aliphatic carbocycles. The van der Waals surface area contributed by atoms with Crippen molar-refractivity contribution in [2.45, 2.75) is 42.9 Å². The first-order valence-electron chi connectivity index (χ1n) is 24.1. The zero-order valence-corrected chi connectivity index (χ0v) is 43.8. The van der Waals surface area contributed by atoms with Crippen LogP contribution in [0.25, 0.3) is 17.4 Å². The van der Waals surface area contributed by atoms with Gasteiger partial charge in [0.05, 0.1) is 102 Å². The zero-order valence-electron chi connectivity index (χ0n) is 42.1. The maximum absolute atomic E-state index is 12.9. The SMILES string of the molecule is COCCOCCOCCOCC[N+](CCOCCOCCOCCOC)=c1ccc2c(C=CC=C3N(CCCS(=O)(=O)O)c4ccc(S(=O)(=O)O)cc4C3(C)CCCC(=O)On3c(O)ccc3O)ccoc-2c1. The van der Waals surface area contributed by atoms with Gasteiger partial charge < -0.3 is 62.3 Å². The smallest absolute Gasteiger partial charge is 0.333 e. The van der Waals surface area contributed by atoms with Gasteiger partial charge in [0, 0.05) is 67.7 Å². The Morgan fingerprint density at radius 3 is 1.84 bits per heavy atom. The van der Waals surface area contributed by atoms with E-state index in [2.05, 4.69) is 4.58 Å². The zero-order chi connectivity index (χ0) is 53.4. The van der Waals surface area contributed by atoms with E-state index in [-0.39, 0.29) is 37.1 Å². The molecule has 4 N–H and O–H groups in total. The molecule has 3 heterocycles. The number of benzene rings is 2. The van der Waals surface area contributed by atoms with E-state index in [9.17, 15) is 40.9 Å². The predicted molar refractivity (Wildman–Crippen MR) is 271 cm³/mol. The van der Waals surface area contributed by atoms with Crippen molar-refractivity contribution in [3.63, 3.8) is 0 Å². The fourth-order valence-corrected chi connectivity index (χ4v) is 9.12. The molecule has 22 nitrogen and oxygen atoms in total. The van der Waals surface area contributed by atoms with Crippen molar-refractivity contribution in [2.24, 2.45) is 0 Å². The molecular weight excluding hydrogens is 1010 g/mol. The van der Waals surface area contributed by atoms with Crippen LogP contribution in [-0.4, -0.2) is 179 Å². The highest BCUT2D eigenvalue weighted by Gasteiger charge is 2.44. The number of allylic oxidation sites excluding steroid dienone is 3. The van der Waals surface area contributed by atoms with E-state index in [4.69, 9.17) is 47.1 Å². The second-order valence-electron chi connectivity index (χ2n) is 17.1. The number of aromatic hydroxyl groups is 2. The number of rotatable bonds is 36. The highest BCUT2D eigenvalue weighted by molar-refractivity contribution is 7.86. The first-order chi connectivity index (χ1) is 35.6. The van der Waals surface area contributed by atoms with Gasteiger partial charge in [0.2, 0.25) is 17.1 Å². The minimum absolute atomic E-state index is 0.00533. The second kappa shape index (κ2) is 30.4. The molecule has 0 radical (unpaired) electrons. The molecule has 0 bridgehead atoms. The molecular formula is C50H70N3O19S2+. The summed E-state index contributed by atoms with van der Waals surface area (Å²) in [5.74, 6) is -1.72.